The molecule has 0 bridgehead atoms. The predicted molar refractivity (Wildman–Crippen MR) is 123 cm³/mol. The number of nitrogens with one attached hydrogen (secondary N) is 1. The van der Waals surface area contributed by atoms with Gasteiger partial charge >= 0.3 is 0 Å². The van der Waals surface area contributed by atoms with Crippen molar-refractivity contribution in [1.82, 2.24) is 4.98 Å². The van der Waals surface area contributed by atoms with Gasteiger partial charge in [0.05, 0.1) is 24.4 Å². The first kappa shape index (κ1) is 19.6. The molecule has 32 heavy (non-hydrogen) atoms. The fourth-order valence-electron chi connectivity index (χ4n) is 4.27. The third-order valence-corrected chi connectivity index (χ3v) is 5.75. The summed E-state index contributed by atoms with van der Waals surface area (Å²) in [5.74, 6) is -1.22. The number of benzene rings is 3. The van der Waals surface area contributed by atoms with Crippen LogP contribution in [0.4, 0.5) is 5.69 Å². The number of aromatic nitrogens is 1. The highest BCUT2D eigenvalue weighted by Gasteiger charge is 2.47. The number of ether oxygens (including phenoxy) is 1. The van der Waals surface area contributed by atoms with Crippen LogP contribution in [0.3, 0.4) is 0 Å². The summed E-state index contributed by atoms with van der Waals surface area (Å²) in [6, 6.07) is 22.9. The number of hydrogen-bond acceptors (Lipinski definition) is 4. The van der Waals surface area contributed by atoms with Crippen LogP contribution in [-0.4, -0.2) is 28.9 Å². The van der Waals surface area contributed by atoms with E-state index in [1.54, 1.807) is 30.5 Å². The minimum Gasteiger partial charge on any atom is -0.507 e. The first-order valence-corrected chi connectivity index (χ1v) is 10.2. The number of H-pyrrole nitrogens is 1. The number of carbonyl (C=O) groups excluding carboxylic acids is 2. The van der Waals surface area contributed by atoms with Crippen LogP contribution in [0.2, 0.25) is 0 Å². The van der Waals surface area contributed by atoms with Crippen LogP contribution < -0.4 is 9.64 Å². The Labute approximate surface area is 184 Å². The summed E-state index contributed by atoms with van der Waals surface area (Å²) < 4.78 is 5.46. The second kappa shape index (κ2) is 7.74. The molecule has 2 heterocycles. The largest absolute Gasteiger partial charge is 0.507 e. The number of fused-ring (bicyclic) bond motifs is 1. The number of para-hydroxylation sites is 3. The number of amides is 1. The van der Waals surface area contributed by atoms with Crippen molar-refractivity contribution in [1.29, 1.82) is 0 Å². The Morgan fingerprint density at radius 3 is 2.41 bits per heavy atom. The minimum absolute atomic E-state index is 0.0388. The van der Waals surface area contributed by atoms with E-state index in [2.05, 4.69) is 4.98 Å². The molecule has 0 saturated carbocycles. The van der Waals surface area contributed by atoms with Crippen molar-refractivity contribution < 1.29 is 19.4 Å². The number of Topliss-reactive ketones (excluding diaryl/α,β-unsaturated/α-hetero) is 1. The summed E-state index contributed by atoms with van der Waals surface area (Å²) in [6.07, 6.45) is 1.65. The number of nitrogens with zero attached hydrogens (tertiary/aromatic N) is 1. The third kappa shape index (κ3) is 2.96. The van der Waals surface area contributed by atoms with Crippen LogP contribution in [0.15, 0.2) is 90.6 Å². The number of aliphatic hydroxyl groups is 1. The van der Waals surface area contributed by atoms with Gasteiger partial charge < -0.3 is 14.8 Å². The van der Waals surface area contributed by atoms with Gasteiger partial charge in [0.1, 0.15) is 11.5 Å². The lowest BCUT2D eigenvalue weighted by Gasteiger charge is -2.26. The Hall–Kier alpha value is -4.32. The zero-order valence-corrected chi connectivity index (χ0v) is 17.3. The molecule has 1 atom stereocenters. The van der Waals surface area contributed by atoms with Gasteiger partial charge in [-0.05, 0) is 23.8 Å². The SMILES string of the molecule is COc1ccccc1N1C(=O)C(=O)/C(=C(\O)c2c[nH]c3ccccc23)C1c1ccccc1. The number of hydrogen-bond donors (Lipinski definition) is 2. The van der Waals surface area contributed by atoms with Gasteiger partial charge in [-0.1, -0.05) is 60.7 Å². The number of rotatable bonds is 4. The molecule has 0 spiro atoms. The Morgan fingerprint density at radius 2 is 1.62 bits per heavy atom. The average molecular weight is 424 g/mol. The molecule has 1 aliphatic rings. The Kier molecular flexibility index (Phi) is 4.75. The number of aliphatic hydroxyl groups excluding tert-OH is 1. The quantitative estimate of drug-likeness (QED) is 0.280. The van der Waals surface area contributed by atoms with E-state index in [-0.39, 0.29) is 11.3 Å². The Balaban J connectivity index is 1.77. The molecule has 0 radical (unpaired) electrons. The highest BCUT2D eigenvalue weighted by Crippen LogP contribution is 2.45. The van der Waals surface area contributed by atoms with Crippen LogP contribution in [0.25, 0.3) is 16.7 Å². The number of aromatic amines is 1. The van der Waals surface area contributed by atoms with Gasteiger partial charge in [0.15, 0.2) is 0 Å². The molecule has 158 valence electrons. The van der Waals surface area contributed by atoms with Crippen molar-refractivity contribution in [3.05, 3.63) is 102 Å². The van der Waals surface area contributed by atoms with Crippen molar-refractivity contribution >= 4 is 34.0 Å². The third-order valence-electron chi connectivity index (χ3n) is 5.75. The normalized spacial score (nSPS) is 17.8. The van der Waals surface area contributed by atoms with E-state index in [4.69, 9.17) is 4.74 Å². The molecule has 1 aliphatic heterocycles. The molecule has 6 heteroatoms. The van der Waals surface area contributed by atoms with Crippen LogP contribution in [0.1, 0.15) is 17.2 Å². The lowest BCUT2D eigenvalue weighted by atomic mass is 9.95. The van der Waals surface area contributed by atoms with Crippen molar-refractivity contribution in [2.75, 3.05) is 12.0 Å². The first-order valence-electron chi connectivity index (χ1n) is 10.2. The zero-order chi connectivity index (χ0) is 22.2. The Bertz CT molecular complexity index is 1370. The van der Waals surface area contributed by atoms with E-state index in [1.165, 1.54) is 12.0 Å². The van der Waals surface area contributed by atoms with Crippen molar-refractivity contribution in [2.45, 2.75) is 6.04 Å². The maximum Gasteiger partial charge on any atom is 0.300 e. The van der Waals surface area contributed by atoms with Crippen molar-refractivity contribution in [3.63, 3.8) is 0 Å². The van der Waals surface area contributed by atoms with Crippen LogP contribution in [0, 0.1) is 0 Å². The topological polar surface area (TPSA) is 82.6 Å². The van der Waals surface area contributed by atoms with E-state index in [9.17, 15) is 14.7 Å². The molecule has 1 amide bonds. The summed E-state index contributed by atoms with van der Waals surface area (Å²) in [4.78, 5) is 31.1. The highest BCUT2D eigenvalue weighted by atomic mass is 16.5. The molecule has 6 nitrogen and oxygen atoms in total. The van der Waals surface area contributed by atoms with Gasteiger partial charge in [0.2, 0.25) is 0 Å². The van der Waals surface area contributed by atoms with Crippen molar-refractivity contribution in [2.24, 2.45) is 0 Å². The maximum absolute atomic E-state index is 13.3. The fraction of sp³-hybridized carbons (Fsp3) is 0.0769. The van der Waals surface area contributed by atoms with E-state index in [1.807, 2.05) is 54.6 Å². The van der Waals surface area contributed by atoms with Gasteiger partial charge in [-0.25, -0.2) is 0 Å². The van der Waals surface area contributed by atoms with E-state index < -0.39 is 17.7 Å². The molecule has 1 fully saturated rings. The highest BCUT2D eigenvalue weighted by molar-refractivity contribution is 6.52. The summed E-state index contributed by atoms with van der Waals surface area (Å²) in [5.41, 5.74) is 2.50. The number of ketones is 1. The predicted octanol–water partition coefficient (Wildman–Crippen LogP) is 4.80. The second-order valence-electron chi connectivity index (χ2n) is 7.50. The zero-order valence-electron chi connectivity index (χ0n) is 17.3. The van der Waals surface area contributed by atoms with E-state index in [0.29, 0.717) is 22.6 Å². The number of methoxy groups -OCH3 is 1. The molecule has 5 rings (SSSR count). The molecule has 0 aliphatic carbocycles. The van der Waals surface area contributed by atoms with Crippen LogP contribution in [0.5, 0.6) is 5.75 Å². The number of anilines is 1. The monoisotopic (exact) mass is 424 g/mol. The Morgan fingerprint density at radius 1 is 0.938 bits per heavy atom. The summed E-state index contributed by atoms with van der Waals surface area (Å²) in [7, 11) is 1.51. The molecule has 1 saturated heterocycles. The van der Waals surface area contributed by atoms with Gasteiger partial charge in [0, 0.05) is 22.7 Å². The molecule has 3 aromatic carbocycles. The van der Waals surface area contributed by atoms with Gasteiger partial charge in [-0.3, -0.25) is 14.5 Å². The van der Waals surface area contributed by atoms with Crippen LogP contribution in [-0.2, 0) is 9.59 Å². The molecule has 1 aromatic heterocycles. The molecule has 1 unspecified atom stereocenters. The fourth-order valence-corrected chi connectivity index (χ4v) is 4.27. The standard InChI is InChI=1S/C26H20N2O4/c1-32-21-14-8-7-13-20(21)28-23(16-9-3-2-4-10-16)22(25(30)26(28)31)24(29)18-15-27-19-12-6-5-11-17(18)19/h2-15,23,27,29H,1H3/b24-22-. The lowest BCUT2D eigenvalue weighted by molar-refractivity contribution is -0.132. The summed E-state index contributed by atoms with van der Waals surface area (Å²) in [6.45, 7) is 0. The molecular formula is C26H20N2O4. The molecule has 4 aromatic rings. The minimum atomic E-state index is -0.804. The number of carbonyl (C=O) groups is 2. The molecular weight excluding hydrogens is 404 g/mol. The molecule has 2 N–H and O–H groups in total. The maximum atomic E-state index is 13.3. The summed E-state index contributed by atoms with van der Waals surface area (Å²) in [5, 5.41) is 12.1. The first-order chi connectivity index (χ1) is 15.6. The average Bonchev–Trinajstić information content (AvgIpc) is 3.38. The summed E-state index contributed by atoms with van der Waals surface area (Å²) >= 11 is 0. The van der Waals surface area contributed by atoms with Gasteiger partial charge in [-0.2, -0.15) is 0 Å². The van der Waals surface area contributed by atoms with Gasteiger partial charge in [0.25, 0.3) is 11.7 Å². The lowest BCUT2D eigenvalue weighted by Crippen LogP contribution is -2.29. The van der Waals surface area contributed by atoms with Crippen molar-refractivity contribution in [3.8, 4) is 5.75 Å². The smallest absolute Gasteiger partial charge is 0.300 e. The van der Waals surface area contributed by atoms with E-state index >= 15 is 0 Å². The second-order valence-corrected chi connectivity index (χ2v) is 7.50. The van der Waals surface area contributed by atoms with E-state index in [0.717, 1.165) is 10.9 Å². The van der Waals surface area contributed by atoms with Crippen LogP contribution >= 0.6 is 0 Å². The van der Waals surface area contributed by atoms with Gasteiger partial charge in [-0.15, -0.1) is 0 Å².